The van der Waals surface area contributed by atoms with Crippen LogP contribution in [0.2, 0.25) is 0 Å². The van der Waals surface area contributed by atoms with Gasteiger partial charge < -0.3 is 24.4 Å². The number of hydrogen-bond donors (Lipinski definition) is 2. The molecule has 0 radical (unpaired) electrons. The lowest BCUT2D eigenvalue weighted by Gasteiger charge is -2.12. The fraction of sp³-hybridized carbons (Fsp3) is 0.150. The number of hydrogen-bond acceptors (Lipinski definition) is 7. The lowest BCUT2D eigenvalue weighted by atomic mass is 10.2. The summed E-state index contributed by atoms with van der Waals surface area (Å²) in [5.41, 5.74) is 0.575. The van der Waals surface area contributed by atoms with Gasteiger partial charge in [-0.05, 0) is 29.8 Å². The SMILES string of the molecule is COc1ccc(COc2cccc(-c3nc(OC(=O)O)c(O)c(=O)n3C)c2)cc1. The predicted molar refractivity (Wildman–Crippen MR) is 103 cm³/mol. The van der Waals surface area contributed by atoms with Crippen LogP contribution in [-0.2, 0) is 13.7 Å². The molecule has 150 valence electrons. The first kappa shape index (κ1) is 19.7. The van der Waals surface area contributed by atoms with Crippen LogP contribution < -0.4 is 19.8 Å². The lowest BCUT2D eigenvalue weighted by molar-refractivity contribution is 0.140. The predicted octanol–water partition coefficient (Wildman–Crippen LogP) is 2.80. The molecular weight excluding hydrogens is 380 g/mol. The zero-order valence-corrected chi connectivity index (χ0v) is 15.7. The summed E-state index contributed by atoms with van der Waals surface area (Å²) in [5, 5.41) is 18.5. The minimum atomic E-state index is -1.69. The fourth-order valence-electron chi connectivity index (χ4n) is 2.60. The van der Waals surface area contributed by atoms with Crippen molar-refractivity contribution in [3.05, 3.63) is 64.4 Å². The van der Waals surface area contributed by atoms with Crippen LogP contribution in [0.5, 0.6) is 23.1 Å². The summed E-state index contributed by atoms with van der Waals surface area (Å²) in [4.78, 5) is 26.9. The highest BCUT2D eigenvalue weighted by Crippen LogP contribution is 2.27. The highest BCUT2D eigenvalue weighted by molar-refractivity contribution is 5.64. The van der Waals surface area contributed by atoms with Gasteiger partial charge in [-0.15, -0.1) is 0 Å². The third kappa shape index (κ3) is 4.46. The molecule has 0 aliphatic heterocycles. The summed E-state index contributed by atoms with van der Waals surface area (Å²) in [7, 11) is 2.99. The molecule has 0 saturated carbocycles. The number of aromatic nitrogens is 2. The molecule has 0 fully saturated rings. The molecule has 0 bridgehead atoms. The number of carboxylic acid groups (broad SMARTS) is 1. The summed E-state index contributed by atoms with van der Waals surface area (Å²) in [6.07, 6.45) is -1.69. The first-order chi connectivity index (χ1) is 13.9. The summed E-state index contributed by atoms with van der Waals surface area (Å²) >= 11 is 0. The number of aromatic hydroxyl groups is 1. The van der Waals surface area contributed by atoms with E-state index in [-0.39, 0.29) is 5.82 Å². The number of benzene rings is 2. The van der Waals surface area contributed by atoms with Crippen LogP contribution in [0.1, 0.15) is 5.56 Å². The highest BCUT2D eigenvalue weighted by atomic mass is 16.7. The van der Waals surface area contributed by atoms with Gasteiger partial charge in [0.05, 0.1) is 7.11 Å². The molecule has 9 heteroatoms. The topological polar surface area (TPSA) is 120 Å². The van der Waals surface area contributed by atoms with Gasteiger partial charge in [0, 0.05) is 12.6 Å². The fourth-order valence-corrected chi connectivity index (χ4v) is 2.60. The molecule has 0 spiro atoms. The number of carbonyl (C=O) groups is 1. The van der Waals surface area contributed by atoms with Gasteiger partial charge in [0.2, 0.25) is 5.75 Å². The van der Waals surface area contributed by atoms with Crippen molar-refractivity contribution in [2.24, 2.45) is 7.05 Å². The smallest absolute Gasteiger partial charge is 0.499 e. The minimum absolute atomic E-state index is 0.110. The largest absolute Gasteiger partial charge is 0.512 e. The molecule has 0 amide bonds. The van der Waals surface area contributed by atoms with Crippen molar-refractivity contribution in [2.75, 3.05) is 7.11 Å². The molecular formula is C20H18N2O7. The Kier molecular flexibility index (Phi) is 5.68. The molecule has 9 nitrogen and oxygen atoms in total. The van der Waals surface area contributed by atoms with Crippen molar-refractivity contribution in [1.82, 2.24) is 9.55 Å². The monoisotopic (exact) mass is 398 g/mol. The molecule has 3 aromatic rings. The normalized spacial score (nSPS) is 10.4. The van der Waals surface area contributed by atoms with Gasteiger partial charge >= 0.3 is 6.16 Å². The van der Waals surface area contributed by atoms with Gasteiger partial charge in [-0.25, -0.2) is 4.79 Å². The summed E-state index contributed by atoms with van der Waals surface area (Å²) in [6, 6.07) is 14.2. The molecule has 0 atom stereocenters. The third-order valence-electron chi connectivity index (χ3n) is 4.08. The lowest BCUT2D eigenvalue weighted by Crippen LogP contribution is -2.21. The molecule has 0 saturated heterocycles. The molecule has 2 N–H and O–H groups in total. The second kappa shape index (κ2) is 8.34. The Morgan fingerprint density at radius 2 is 1.86 bits per heavy atom. The summed E-state index contributed by atoms with van der Waals surface area (Å²) in [6.45, 7) is 0.308. The molecule has 1 aromatic heterocycles. The van der Waals surface area contributed by atoms with Crippen LogP contribution in [0, 0.1) is 0 Å². The first-order valence-corrected chi connectivity index (χ1v) is 8.46. The Balaban J connectivity index is 1.87. The van der Waals surface area contributed by atoms with Crippen molar-refractivity contribution in [3.8, 4) is 34.5 Å². The van der Waals surface area contributed by atoms with E-state index in [0.29, 0.717) is 17.9 Å². The maximum Gasteiger partial charge on any atom is 0.512 e. The van der Waals surface area contributed by atoms with E-state index in [9.17, 15) is 14.7 Å². The van der Waals surface area contributed by atoms with Gasteiger partial charge in [-0.2, -0.15) is 4.98 Å². The molecule has 2 aromatic carbocycles. The van der Waals surface area contributed by atoms with E-state index >= 15 is 0 Å². The summed E-state index contributed by atoms with van der Waals surface area (Å²) < 4.78 is 16.4. The summed E-state index contributed by atoms with van der Waals surface area (Å²) in [5.74, 6) is -0.194. The second-order valence-corrected chi connectivity index (χ2v) is 5.99. The van der Waals surface area contributed by atoms with Crippen molar-refractivity contribution in [3.63, 3.8) is 0 Å². The number of methoxy groups -OCH3 is 1. The van der Waals surface area contributed by atoms with Gasteiger partial charge in [0.15, 0.2) is 0 Å². The number of ether oxygens (including phenoxy) is 3. The van der Waals surface area contributed by atoms with E-state index in [1.165, 1.54) is 7.05 Å². The van der Waals surface area contributed by atoms with Crippen LogP contribution in [0.15, 0.2) is 53.3 Å². The van der Waals surface area contributed by atoms with E-state index in [1.54, 1.807) is 31.4 Å². The molecule has 3 rings (SSSR count). The zero-order chi connectivity index (χ0) is 21.0. The van der Waals surface area contributed by atoms with Crippen molar-refractivity contribution in [2.45, 2.75) is 6.61 Å². The van der Waals surface area contributed by atoms with E-state index in [0.717, 1.165) is 15.9 Å². The quantitative estimate of drug-likeness (QED) is 0.608. The maximum atomic E-state index is 12.2. The molecule has 0 aliphatic rings. The van der Waals surface area contributed by atoms with E-state index in [1.807, 2.05) is 24.3 Å². The van der Waals surface area contributed by atoms with Crippen molar-refractivity contribution in [1.29, 1.82) is 0 Å². The zero-order valence-electron chi connectivity index (χ0n) is 15.7. The molecule has 0 unspecified atom stereocenters. The second-order valence-electron chi connectivity index (χ2n) is 5.99. The Labute approximate surface area is 165 Å². The van der Waals surface area contributed by atoms with Crippen LogP contribution in [0.4, 0.5) is 4.79 Å². The van der Waals surface area contributed by atoms with Crippen molar-refractivity contribution < 1.29 is 29.2 Å². The minimum Gasteiger partial charge on any atom is -0.499 e. The Bertz CT molecular complexity index is 1090. The standard InChI is InChI=1S/C20H18N2O7/c1-22-17(21-18(29-20(25)26)16(23)19(22)24)13-4-3-5-15(10-13)28-11-12-6-8-14(27-2)9-7-12/h3-10,23H,11H2,1-2H3,(H,25,26). The van der Waals surface area contributed by atoms with Gasteiger partial charge in [-0.3, -0.25) is 9.36 Å². The van der Waals surface area contributed by atoms with Crippen LogP contribution >= 0.6 is 0 Å². The van der Waals surface area contributed by atoms with Gasteiger partial charge in [0.1, 0.15) is 23.9 Å². The Morgan fingerprint density at radius 1 is 1.14 bits per heavy atom. The van der Waals surface area contributed by atoms with Crippen molar-refractivity contribution >= 4 is 6.16 Å². The molecule has 0 aliphatic carbocycles. The number of rotatable bonds is 6. The van der Waals surface area contributed by atoms with Gasteiger partial charge in [0.25, 0.3) is 11.4 Å². The maximum absolute atomic E-state index is 12.2. The van der Waals surface area contributed by atoms with E-state index < -0.39 is 23.3 Å². The third-order valence-corrected chi connectivity index (χ3v) is 4.08. The Hall–Kier alpha value is -4.01. The van der Waals surface area contributed by atoms with Crippen LogP contribution in [0.3, 0.4) is 0 Å². The van der Waals surface area contributed by atoms with E-state index in [2.05, 4.69) is 9.72 Å². The highest BCUT2D eigenvalue weighted by Gasteiger charge is 2.19. The average molecular weight is 398 g/mol. The van der Waals surface area contributed by atoms with E-state index in [4.69, 9.17) is 14.6 Å². The van der Waals surface area contributed by atoms with Crippen LogP contribution in [0.25, 0.3) is 11.4 Å². The van der Waals surface area contributed by atoms with Gasteiger partial charge in [-0.1, -0.05) is 24.3 Å². The molecule has 1 heterocycles. The first-order valence-electron chi connectivity index (χ1n) is 8.46. The Morgan fingerprint density at radius 3 is 2.52 bits per heavy atom. The van der Waals surface area contributed by atoms with Crippen LogP contribution in [-0.4, -0.2) is 33.0 Å². The molecule has 29 heavy (non-hydrogen) atoms. The number of nitrogens with zero attached hydrogens (tertiary/aromatic N) is 2. The average Bonchev–Trinajstić information content (AvgIpc) is 2.73.